The van der Waals surface area contributed by atoms with Gasteiger partial charge >= 0.3 is 5.97 Å². The van der Waals surface area contributed by atoms with Crippen molar-refractivity contribution in [1.82, 2.24) is 0 Å². The van der Waals surface area contributed by atoms with Crippen molar-refractivity contribution in [3.63, 3.8) is 0 Å². The van der Waals surface area contributed by atoms with E-state index in [2.05, 4.69) is 0 Å². The van der Waals surface area contributed by atoms with Crippen molar-refractivity contribution in [2.24, 2.45) is 0 Å². The van der Waals surface area contributed by atoms with Gasteiger partial charge in [-0.2, -0.15) is 0 Å². The third kappa shape index (κ3) is 2.58. The van der Waals surface area contributed by atoms with Crippen LogP contribution in [-0.4, -0.2) is 49.5 Å². The number of carbonyl (C=O) groups is 2. The molecule has 0 radical (unpaired) electrons. The number of aliphatic hydroxyl groups is 3. The number of carbonyl (C=O) groups excluding carboxylic acids is 1. The topological polar surface area (TPSA) is 135 Å². The minimum atomic E-state index is -2.87. The molecule has 1 aromatic rings. The van der Waals surface area contributed by atoms with Crippen molar-refractivity contribution in [3.8, 4) is 5.75 Å². The predicted molar refractivity (Wildman–Crippen MR) is 62.4 cm³/mol. The zero-order chi connectivity index (χ0) is 14.8. The molecule has 0 aliphatic rings. The molecule has 7 heteroatoms. The van der Waals surface area contributed by atoms with Crippen LogP contribution >= 0.6 is 0 Å². The molecule has 7 nitrogen and oxygen atoms in total. The van der Waals surface area contributed by atoms with Gasteiger partial charge in [-0.25, -0.2) is 4.79 Å². The number of aromatic hydroxyl groups is 1. The number of phenols is 1. The summed E-state index contributed by atoms with van der Waals surface area (Å²) < 4.78 is 0. The van der Waals surface area contributed by atoms with Crippen molar-refractivity contribution in [1.29, 1.82) is 0 Å². The van der Waals surface area contributed by atoms with E-state index in [0.717, 1.165) is 6.07 Å². The summed E-state index contributed by atoms with van der Waals surface area (Å²) in [4.78, 5) is 22.8. The van der Waals surface area contributed by atoms with Gasteiger partial charge in [-0.05, 0) is 24.6 Å². The third-order valence-corrected chi connectivity index (χ3v) is 2.79. The van der Waals surface area contributed by atoms with Crippen LogP contribution in [0.4, 0.5) is 0 Å². The normalized spacial score (nSPS) is 17.3. The summed E-state index contributed by atoms with van der Waals surface area (Å²) in [6, 6.07) is 4.77. The van der Waals surface area contributed by atoms with E-state index in [4.69, 9.17) is 5.11 Å². The molecular weight excluding hydrogens is 256 g/mol. The zero-order valence-electron chi connectivity index (χ0n) is 10.1. The Morgan fingerprint density at radius 2 is 1.84 bits per heavy atom. The van der Waals surface area contributed by atoms with E-state index in [1.54, 1.807) is 0 Å². The molecule has 0 spiro atoms. The van der Waals surface area contributed by atoms with E-state index in [1.807, 2.05) is 0 Å². The molecule has 0 aliphatic heterocycles. The van der Waals surface area contributed by atoms with Crippen LogP contribution in [0.5, 0.6) is 5.75 Å². The quantitative estimate of drug-likeness (QED) is 0.432. The van der Waals surface area contributed by atoms with Crippen LogP contribution in [0.15, 0.2) is 24.3 Å². The summed E-state index contributed by atoms with van der Waals surface area (Å²) in [5, 5.41) is 46.9. The number of Topliss-reactive ketones (excluding diaryl/α,β-unsaturated/α-hetero) is 1. The van der Waals surface area contributed by atoms with E-state index in [0.29, 0.717) is 6.92 Å². The number of carboxylic acid groups (broad SMARTS) is 1. The molecule has 2 atom stereocenters. The monoisotopic (exact) mass is 270 g/mol. The second kappa shape index (κ2) is 4.96. The van der Waals surface area contributed by atoms with Gasteiger partial charge in [-0.1, -0.05) is 12.1 Å². The molecule has 1 aromatic carbocycles. The van der Waals surface area contributed by atoms with Gasteiger partial charge in [-0.15, -0.1) is 0 Å². The number of phenolic OH excluding ortho intramolecular Hbond substituents is 1. The first-order chi connectivity index (χ1) is 8.66. The molecular formula is C12H14O7. The fourth-order valence-corrected chi connectivity index (χ4v) is 1.56. The molecule has 0 saturated heterocycles. The standard InChI is InChI=1S/C12H14O7/c1-11(18,10(16)17)9(15)12(19,6-13)7-3-2-4-8(14)5-7/h2-5,13-14,18-19H,6H2,1H3,(H,16,17). The first-order valence-electron chi connectivity index (χ1n) is 5.29. The highest BCUT2D eigenvalue weighted by molar-refractivity contribution is 6.09. The lowest BCUT2D eigenvalue weighted by Gasteiger charge is -2.30. The number of aliphatic hydroxyl groups excluding tert-OH is 1. The van der Waals surface area contributed by atoms with Crippen molar-refractivity contribution in [2.45, 2.75) is 18.1 Å². The third-order valence-electron chi connectivity index (χ3n) is 2.79. The highest BCUT2D eigenvalue weighted by Crippen LogP contribution is 2.29. The lowest BCUT2D eigenvalue weighted by atomic mass is 9.82. The van der Waals surface area contributed by atoms with Gasteiger partial charge in [-0.3, -0.25) is 4.79 Å². The van der Waals surface area contributed by atoms with Gasteiger partial charge in [0.1, 0.15) is 5.75 Å². The first kappa shape index (κ1) is 15.1. The first-order valence-corrected chi connectivity index (χ1v) is 5.29. The van der Waals surface area contributed by atoms with Gasteiger partial charge in [0.2, 0.25) is 11.4 Å². The van der Waals surface area contributed by atoms with Gasteiger partial charge in [0.25, 0.3) is 0 Å². The fraction of sp³-hybridized carbons (Fsp3) is 0.333. The minimum absolute atomic E-state index is 0.221. The highest BCUT2D eigenvalue weighted by Gasteiger charge is 2.51. The molecule has 0 bridgehead atoms. The Kier molecular flexibility index (Phi) is 3.94. The van der Waals surface area contributed by atoms with Crippen LogP contribution in [0.25, 0.3) is 0 Å². The Morgan fingerprint density at radius 3 is 2.26 bits per heavy atom. The largest absolute Gasteiger partial charge is 0.508 e. The van der Waals surface area contributed by atoms with Gasteiger partial charge in [0.05, 0.1) is 6.61 Å². The molecule has 0 aromatic heterocycles. The Bertz CT molecular complexity index is 509. The van der Waals surface area contributed by atoms with Crippen LogP contribution < -0.4 is 0 Å². The number of rotatable bonds is 5. The van der Waals surface area contributed by atoms with E-state index >= 15 is 0 Å². The summed E-state index contributed by atoms with van der Waals surface area (Å²) in [7, 11) is 0. The fourth-order valence-electron chi connectivity index (χ4n) is 1.56. The molecule has 0 fully saturated rings. The van der Waals surface area contributed by atoms with Gasteiger partial charge in [0, 0.05) is 0 Å². The Labute approximate surface area is 108 Å². The minimum Gasteiger partial charge on any atom is -0.508 e. The number of benzene rings is 1. The summed E-state index contributed by atoms with van der Waals surface area (Å²) >= 11 is 0. The molecule has 2 unspecified atom stereocenters. The number of hydrogen-bond acceptors (Lipinski definition) is 6. The van der Waals surface area contributed by atoms with Gasteiger partial charge < -0.3 is 25.5 Å². The second-order valence-electron chi connectivity index (χ2n) is 4.28. The summed E-state index contributed by atoms with van der Waals surface area (Å²) in [5.74, 6) is -3.64. The van der Waals surface area contributed by atoms with E-state index in [1.165, 1.54) is 18.2 Å². The second-order valence-corrected chi connectivity index (χ2v) is 4.28. The van der Waals surface area contributed by atoms with Gasteiger partial charge in [0.15, 0.2) is 5.60 Å². The molecule has 0 aliphatic carbocycles. The van der Waals surface area contributed by atoms with Crippen molar-refractivity contribution < 1.29 is 35.1 Å². The number of carboxylic acids is 1. The molecule has 0 amide bonds. The molecule has 19 heavy (non-hydrogen) atoms. The lowest BCUT2D eigenvalue weighted by Crippen LogP contribution is -2.55. The SMILES string of the molecule is CC(O)(C(=O)O)C(=O)C(O)(CO)c1cccc(O)c1. The van der Waals surface area contributed by atoms with Crippen molar-refractivity contribution in [3.05, 3.63) is 29.8 Å². The van der Waals surface area contributed by atoms with E-state index < -0.39 is 29.6 Å². The number of hydrogen-bond donors (Lipinski definition) is 5. The Morgan fingerprint density at radius 1 is 1.26 bits per heavy atom. The van der Waals surface area contributed by atoms with Crippen LogP contribution in [0.3, 0.4) is 0 Å². The Hall–Kier alpha value is -1.96. The molecule has 5 N–H and O–H groups in total. The maximum Gasteiger partial charge on any atom is 0.343 e. The van der Waals surface area contributed by atoms with E-state index in [9.17, 15) is 30.0 Å². The van der Waals surface area contributed by atoms with Crippen LogP contribution in [0, 0.1) is 0 Å². The van der Waals surface area contributed by atoms with Crippen LogP contribution in [0.1, 0.15) is 12.5 Å². The molecule has 0 saturated carbocycles. The molecule has 104 valence electrons. The number of aliphatic carboxylic acids is 1. The van der Waals surface area contributed by atoms with Crippen LogP contribution in [0.2, 0.25) is 0 Å². The average Bonchev–Trinajstić information content (AvgIpc) is 2.36. The molecule has 1 rings (SSSR count). The average molecular weight is 270 g/mol. The lowest BCUT2D eigenvalue weighted by molar-refractivity contribution is -0.175. The highest BCUT2D eigenvalue weighted by atomic mass is 16.4. The van der Waals surface area contributed by atoms with E-state index in [-0.39, 0.29) is 11.3 Å². The number of ketones is 1. The summed E-state index contributed by atoms with van der Waals surface area (Å²) in [6.07, 6.45) is 0. The summed E-state index contributed by atoms with van der Waals surface area (Å²) in [6.45, 7) is -0.445. The molecule has 0 heterocycles. The smallest absolute Gasteiger partial charge is 0.343 e. The van der Waals surface area contributed by atoms with Crippen molar-refractivity contribution >= 4 is 11.8 Å². The van der Waals surface area contributed by atoms with Crippen LogP contribution in [-0.2, 0) is 15.2 Å². The zero-order valence-corrected chi connectivity index (χ0v) is 10.1. The predicted octanol–water partition coefficient (Wildman–Crippen LogP) is -1.02. The van der Waals surface area contributed by atoms with Crippen molar-refractivity contribution in [2.75, 3.05) is 6.61 Å². The Balaban J connectivity index is 3.33. The maximum absolute atomic E-state index is 11.9. The maximum atomic E-state index is 11.9. The summed E-state index contributed by atoms with van der Waals surface area (Å²) in [5.41, 5.74) is -5.72.